The molecule has 20 heavy (non-hydrogen) atoms. The van der Waals surface area contributed by atoms with E-state index in [-0.39, 0.29) is 12.5 Å². The van der Waals surface area contributed by atoms with Gasteiger partial charge in [0.15, 0.2) is 0 Å². The van der Waals surface area contributed by atoms with Gasteiger partial charge < -0.3 is 15.3 Å². The van der Waals surface area contributed by atoms with Gasteiger partial charge in [0.1, 0.15) is 5.82 Å². The molecule has 0 spiro atoms. The maximum atomic E-state index is 10.7. The molecular formula is C11H20N4O4S. The van der Waals surface area contributed by atoms with Gasteiger partial charge in [0.2, 0.25) is 0 Å². The van der Waals surface area contributed by atoms with Crippen molar-refractivity contribution in [2.24, 2.45) is 16.0 Å². The van der Waals surface area contributed by atoms with E-state index in [4.69, 9.17) is 5.14 Å². The van der Waals surface area contributed by atoms with Gasteiger partial charge >= 0.3 is 10.3 Å². The molecule has 1 aliphatic carbocycles. The summed E-state index contributed by atoms with van der Waals surface area (Å²) in [5.74, 6) is 0.0478. The Hall–Kier alpha value is -1.42. The van der Waals surface area contributed by atoms with Crippen molar-refractivity contribution in [2.45, 2.75) is 12.5 Å². The minimum atomic E-state index is -3.99. The molecule has 0 aromatic carbocycles. The number of aliphatic imine (C=N–C) groups is 1. The van der Waals surface area contributed by atoms with Crippen molar-refractivity contribution in [2.75, 3.05) is 20.7 Å². The lowest BCUT2D eigenvalue weighted by atomic mass is 10.1. The fourth-order valence-corrected chi connectivity index (χ4v) is 2.01. The Balaban J connectivity index is 2.47. The first-order valence-corrected chi connectivity index (χ1v) is 7.37. The van der Waals surface area contributed by atoms with Crippen LogP contribution in [0.4, 0.5) is 0 Å². The molecular weight excluding hydrogens is 284 g/mol. The average Bonchev–Trinajstić information content (AvgIpc) is 2.63. The van der Waals surface area contributed by atoms with Gasteiger partial charge in [0.05, 0.1) is 19.0 Å². The summed E-state index contributed by atoms with van der Waals surface area (Å²) in [4.78, 5) is 5.81. The van der Waals surface area contributed by atoms with E-state index in [1.807, 2.05) is 14.1 Å². The van der Waals surface area contributed by atoms with E-state index in [0.29, 0.717) is 17.9 Å². The zero-order valence-electron chi connectivity index (χ0n) is 11.5. The number of allylic oxidation sites excluding steroid dienone is 1. The normalized spacial score (nSPS) is 22.9. The third-order valence-corrected chi connectivity index (χ3v) is 3.00. The minimum Gasteiger partial charge on any atom is -0.389 e. The van der Waals surface area contributed by atoms with Gasteiger partial charge in [-0.2, -0.15) is 8.42 Å². The summed E-state index contributed by atoms with van der Waals surface area (Å²) in [6.45, 7) is 3.55. The molecule has 0 saturated carbocycles. The number of hydrogen-bond donors (Lipinski definition) is 3. The fourth-order valence-electron chi connectivity index (χ4n) is 1.65. The van der Waals surface area contributed by atoms with Crippen LogP contribution < -0.4 is 10.5 Å². The molecule has 9 heteroatoms. The Labute approximate surface area is 118 Å². The lowest BCUT2D eigenvalue weighted by Gasteiger charge is -2.13. The number of nitrogens with zero attached hydrogens (tertiary/aromatic N) is 2. The van der Waals surface area contributed by atoms with Crippen LogP contribution in [0.15, 0.2) is 29.2 Å². The third-order valence-electron chi connectivity index (χ3n) is 2.53. The van der Waals surface area contributed by atoms with Crippen molar-refractivity contribution in [1.29, 1.82) is 0 Å². The molecule has 0 bridgehead atoms. The number of nitrogens with one attached hydrogen (secondary N) is 1. The predicted octanol–water partition coefficient (Wildman–Crippen LogP) is -0.878. The van der Waals surface area contributed by atoms with Crippen molar-refractivity contribution in [3.05, 3.63) is 24.2 Å². The molecule has 4 N–H and O–H groups in total. The molecule has 1 aliphatic rings. The van der Waals surface area contributed by atoms with E-state index in [2.05, 4.69) is 21.1 Å². The van der Waals surface area contributed by atoms with Gasteiger partial charge in [-0.25, -0.2) is 10.1 Å². The monoisotopic (exact) mass is 304 g/mol. The highest BCUT2D eigenvalue weighted by molar-refractivity contribution is 7.84. The highest BCUT2D eigenvalue weighted by Crippen LogP contribution is 2.25. The second-order valence-electron chi connectivity index (χ2n) is 4.70. The minimum absolute atomic E-state index is 0.172. The summed E-state index contributed by atoms with van der Waals surface area (Å²) in [6, 6.07) is 0. The molecule has 0 aromatic heterocycles. The van der Waals surface area contributed by atoms with Gasteiger partial charge in [0.25, 0.3) is 0 Å². The molecule has 0 unspecified atom stereocenters. The topological polar surface area (TPSA) is 117 Å². The molecule has 0 radical (unpaired) electrons. The van der Waals surface area contributed by atoms with Crippen LogP contribution in [0.1, 0.15) is 6.42 Å². The van der Waals surface area contributed by atoms with Gasteiger partial charge in [-0.3, -0.25) is 4.18 Å². The first-order chi connectivity index (χ1) is 9.17. The Morgan fingerprint density at radius 1 is 1.75 bits per heavy atom. The van der Waals surface area contributed by atoms with E-state index in [1.54, 1.807) is 17.3 Å². The van der Waals surface area contributed by atoms with Crippen molar-refractivity contribution < 1.29 is 17.7 Å². The Morgan fingerprint density at radius 2 is 2.40 bits per heavy atom. The van der Waals surface area contributed by atoms with E-state index in [9.17, 15) is 13.5 Å². The van der Waals surface area contributed by atoms with Crippen LogP contribution in [-0.2, 0) is 14.5 Å². The second-order valence-corrected chi connectivity index (χ2v) is 5.93. The van der Waals surface area contributed by atoms with Crippen LogP contribution in [0.5, 0.6) is 0 Å². The standard InChI is InChI=1S/C11H20N4O4S/c1-8(13-7-15(2)3)14-10-4-9(11(16)5-10)6-19-20(12,17)18/h5,7,9,11,14,16H,1,4,6H2,2-3H3,(H2,12,17,18)/t9-,11+/m1/s1. The number of aliphatic hydroxyl groups excluding tert-OH is 1. The Morgan fingerprint density at radius 3 is 2.95 bits per heavy atom. The van der Waals surface area contributed by atoms with Crippen LogP contribution >= 0.6 is 0 Å². The molecule has 0 heterocycles. The quantitative estimate of drug-likeness (QED) is 0.415. The summed E-state index contributed by atoms with van der Waals surface area (Å²) in [5.41, 5.74) is 0.710. The molecule has 0 aliphatic heterocycles. The molecule has 0 aromatic rings. The lowest BCUT2D eigenvalue weighted by molar-refractivity contribution is 0.124. The first kappa shape index (κ1) is 16.6. The molecule has 0 amide bonds. The highest BCUT2D eigenvalue weighted by atomic mass is 32.2. The molecule has 114 valence electrons. The van der Waals surface area contributed by atoms with Crippen molar-refractivity contribution in [3.63, 3.8) is 0 Å². The summed E-state index contributed by atoms with van der Waals surface area (Å²) in [6.07, 6.45) is 2.79. The van der Waals surface area contributed by atoms with E-state index in [1.165, 1.54) is 0 Å². The van der Waals surface area contributed by atoms with E-state index >= 15 is 0 Å². The molecule has 2 atom stereocenters. The van der Waals surface area contributed by atoms with Crippen LogP contribution in [0.2, 0.25) is 0 Å². The maximum absolute atomic E-state index is 10.7. The average molecular weight is 304 g/mol. The molecule has 1 rings (SSSR count). The first-order valence-electron chi connectivity index (χ1n) is 5.90. The molecule has 0 saturated heterocycles. The van der Waals surface area contributed by atoms with Crippen molar-refractivity contribution in [3.8, 4) is 0 Å². The van der Waals surface area contributed by atoms with Crippen LogP contribution in [-0.4, -0.2) is 51.6 Å². The van der Waals surface area contributed by atoms with E-state index in [0.717, 1.165) is 0 Å². The number of nitrogens with two attached hydrogens (primary N) is 1. The predicted molar refractivity (Wildman–Crippen MR) is 75.7 cm³/mol. The van der Waals surface area contributed by atoms with Gasteiger partial charge in [-0.15, -0.1) is 0 Å². The number of hydrogen-bond acceptors (Lipinski definition) is 6. The third kappa shape index (κ3) is 6.15. The zero-order chi connectivity index (χ0) is 15.3. The molecule has 8 nitrogen and oxygen atoms in total. The van der Waals surface area contributed by atoms with Gasteiger partial charge in [0, 0.05) is 25.7 Å². The van der Waals surface area contributed by atoms with Gasteiger partial charge in [-0.1, -0.05) is 6.58 Å². The fraction of sp³-hybridized carbons (Fsp3) is 0.545. The summed E-state index contributed by atoms with van der Waals surface area (Å²) < 4.78 is 25.9. The van der Waals surface area contributed by atoms with Gasteiger partial charge in [-0.05, 0) is 12.5 Å². The largest absolute Gasteiger partial charge is 0.389 e. The van der Waals surface area contributed by atoms with Crippen molar-refractivity contribution >= 4 is 16.6 Å². The zero-order valence-corrected chi connectivity index (χ0v) is 12.3. The number of aliphatic hydroxyl groups is 1. The maximum Gasteiger partial charge on any atom is 0.333 e. The van der Waals surface area contributed by atoms with Crippen LogP contribution in [0, 0.1) is 5.92 Å². The SMILES string of the molecule is C=C(N=CN(C)C)NC1=C[C@H](O)[C@@H](COS(N)(=O)=O)C1. The number of rotatable bonds is 7. The second kappa shape index (κ2) is 6.84. The van der Waals surface area contributed by atoms with Crippen molar-refractivity contribution in [1.82, 2.24) is 10.2 Å². The summed E-state index contributed by atoms with van der Waals surface area (Å²) in [7, 11) is -0.336. The summed E-state index contributed by atoms with van der Waals surface area (Å²) in [5, 5.41) is 17.5. The molecule has 0 fully saturated rings. The smallest absolute Gasteiger partial charge is 0.333 e. The summed E-state index contributed by atoms with van der Waals surface area (Å²) >= 11 is 0. The highest BCUT2D eigenvalue weighted by Gasteiger charge is 2.27. The Kier molecular flexibility index (Phi) is 5.69. The Bertz CT molecular complexity index is 513. The van der Waals surface area contributed by atoms with Crippen LogP contribution in [0.3, 0.4) is 0 Å². The van der Waals surface area contributed by atoms with E-state index < -0.39 is 16.4 Å². The van der Waals surface area contributed by atoms with Crippen LogP contribution in [0.25, 0.3) is 0 Å². The lowest BCUT2D eigenvalue weighted by Crippen LogP contribution is -2.25.